The zero-order valence-electron chi connectivity index (χ0n) is 24.0. The lowest BCUT2D eigenvalue weighted by atomic mass is 10.1. The summed E-state index contributed by atoms with van der Waals surface area (Å²) in [6, 6.07) is 9.55. The van der Waals surface area contributed by atoms with Gasteiger partial charge in [-0.25, -0.2) is 9.78 Å². The lowest BCUT2D eigenvalue weighted by Gasteiger charge is -2.13. The number of anilines is 1. The Morgan fingerprint density at radius 1 is 1.09 bits per heavy atom. The maximum absolute atomic E-state index is 13.2. The van der Waals surface area contributed by atoms with E-state index < -0.39 is 24.3 Å². The third kappa shape index (κ3) is 7.76. The van der Waals surface area contributed by atoms with E-state index in [1.165, 1.54) is 31.4 Å². The number of amides is 3. The Morgan fingerprint density at radius 2 is 1.82 bits per heavy atom. The number of nitrogens with one attached hydrogen (secondary N) is 2. The molecule has 0 aliphatic rings. The molecule has 0 unspecified atom stereocenters. The number of carbonyl (C=O) groups excluding carboxylic acids is 3. The van der Waals surface area contributed by atoms with Gasteiger partial charge in [0.05, 0.1) is 18.3 Å². The molecule has 0 aliphatic carbocycles. The molecule has 0 atom stereocenters. The van der Waals surface area contributed by atoms with E-state index in [9.17, 15) is 27.6 Å². The molecule has 2 aromatic heterocycles. The monoisotopic (exact) mass is 617 g/mol. The van der Waals surface area contributed by atoms with Crippen molar-refractivity contribution < 1.29 is 41.8 Å². The van der Waals surface area contributed by atoms with Crippen LogP contribution in [0.5, 0.6) is 11.5 Å². The van der Waals surface area contributed by atoms with E-state index >= 15 is 0 Å². The van der Waals surface area contributed by atoms with Gasteiger partial charge in [0.2, 0.25) is 11.9 Å². The number of benzene rings is 2. The zero-order valence-corrected chi connectivity index (χ0v) is 24.0. The molecule has 0 aliphatic heterocycles. The first-order valence-electron chi connectivity index (χ1n) is 13.4. The molecule has 0 spiro atoms. The quantitative estimate of drug-likeness (QED) is 0.200. The summed E-state index contributed by atoms with van der Waals surface area (Å²) in [5.41, 5.74) is 7.96. The summed E-state index contributed by atoms with van der Waals surface area (Å²) in [5, 5.41) is 9.71. The topological polar surface area (TPSA) is 165 Å². The molecule has 0 radical (unpaired) electrons. The summed E-state index contributed by atoms with van der Waals surface area (Å²) in [4.78, 5) is 41.8. The molecule has 4 rings (SSSR count). The number of imidazole rings is 1. The summed E-state index contributed by atoms with van der Waals surface area (Å²) in [5.74, 6) is -1.04. The Bertz CT molecular complexity index is 1660. The second kappa shape index (κ2) is 13.4. The minimum absolute atomic E-state index is 0.160. The van der Waals surface area contributed by atoms with Crippen LogP contribution >= 0.6 is 0 Å². The number of hydrogen-bond donors (Lipinski definition) is 3. The summed E-state index contributed by atoms with van der Waals surface area (Å²) in [7, 11) is 1.42. The number of aryl methyl sites for hydroxylation is 3. The van der Waals surface area contributed by atoms with Gasteiger partial charge in [0, 0.05) is 25.2 Å². The van der Waals surface area contributed by atoms with Gasteiger partial charge in [-0.15, -0.1) is 13.2 Å². The number of nitrogens with two attached hydrogens (primary N) is 1. The maximum Gasteiger partial charge on any atom is 0.573 e. The molecule has 44 heavy (non-hydrogen) atoms. The van der Waals surface area contributed by atoms with Gasteiger partial charge in [-0.3, -0.25) is 19.6 Å². The summed E-state index contributed by atoms with van der Waals surface area (Å²) >= 11 is 0. The van der Waals surface area contributed by atoms with Crippen molar-refractivity contribution in [1.82, 2.24) is 24.6 Å². The Morgan fingerprint density at radius 3 is 2.45 bits per heavy atom. The fraction of sp³-hybridized carbons (Fsp3) is 0.321. The number of methoxy groups -OCH3 is 1. The van der Waals surface area contributed by atoms with E-state index in [1.807, 2.05) is 6.92 Å². The van der Waals surface area contributed by atoms with E-state index in [1.54, 1.807) is 22.2 Å². The van der Waals surface area contributed by atoms with Gasteiger partial charge in [-0.05, 0) is 56.2 Å². The van der Waals surface area contributed by atoms with Gasteiger partial charge in [-0.2, -0.15) is 5.10 Å². The Hall–Kier alpha value is -5.28. The molecule has 0 saturated heterocycles. The molecule has 0 saturated carbocycles. The van der Waals surface area contributed by atoms with E-state index in [0.29, 0.717) is 46.7 Å². The van der Waals surface area contributed by atoms with Crippen molar-refractivity contribution in [3.63, 3.8) is 0 Å². The minimum Gasteiger partial charge on any atom is -0.494 e. The lowest BCUT2D eigenvalue weighted by Crippen LogP contribution is -2.26. The highest BCUT2D eigenvalue weighted by atomic mass is 19.4. The number of primary amides is 1. The molecule has 13 nitrogen and oxygen atoms in total. The van der Waals surface area contributed by atoms with Crippen molar-refractivity contribution in [1.29, 1.82) is 0 Å². The molecule has 2 heterocycles. The summed E-state index contributed by atoms with van der Waals surface area (Å²) in [6.07, 6.45) is -5.18. The predicted octanol–water partition coefficient (Wildman–Crippen LogP) is 4.14. The smallest absolute Gasteiger partial charge is 0.494 e. The molecular weight excluding hydrogens is 587 g/mol. The van der Waals surface area contributed by atoms with Crippen molar-refractivity contribution in [2.24, 2.45) is 5.73 Å². The van der Waals surface area contributed by atoms with Crippen LogP contribution in [0.4, 0.5) is 23.9 Å². The van der Waals surface area contributed by atoms with Gasteiger partial charge in [0.1, 0.15) is 29.3 Å². The Balaban J connectivity index is 1.44. The number of nitrogens with zero attached hydrogens (tertiary/aromatic N) is 4. The van der Waals surface area contributed by atoms with Crippen LogP contribution in [0.3, 0.4) is 0 Å². The molecule has 4 N–H and O–H groups in total. The highest BCUT2D eigenvalue weighted by Crippen LogP contribution is 2.31. The molecule has 3 amide bonds. The van der Waals surface area contributed by atoms with Crippen LogP contribution in [0.15, 0.2) is 42.5 Å². The first kappa shape index (κ1) is 31.7. The Kier molecular flexibility index (Phi) is 9.60. The number of aromatic nitrogens is 4. The van der Waals surface area contributed by atoms with Crippen molar-refractivity contribution in [2.45, 2.75) is 46.3 Å². The largest absolute Gasteiger partial charge is 0.573 e. The lowest BCUT2D eigenvalue weighted by molar-refractivity contribution is -0.274. The van der Waals surface area contributed by atoms with Gasteiger partial charge in [-0.1, -0.05) is 12.1 Å². The Labute approximate surface area is 249 Å². The molecular formula is C28H30F3N7O6. The van der Waals surface area contributed by atoms with Gasteiger partial charge in [0.15, 0.2) is 0 Å². The molecule has 4 aromatic rings. The van der Waals surface area contributed by atoms with E-state index in [-0.39, 0.29) is 37.0 Å². The van der Waals surface area contributed by atoms with E-state index in [4.69, 9.17) is 15.2 Å². The van der Waals surface area contributed by atoms with E-state index in [2.05, 4.69) is 25.5 Å². The fourth-order valence-electron chi connectivity index (χ4n) is 4.39. The van der Waals surface area contributed by atoms with E-state index in [0.717, 1.165) is 12.1 Å². The number of alkyl halides is 3. The highest BCUT2D eigenvalue weighted by Gasteiger charge is 2.31. The molecule has 2 aromatic carbocycles. The number of fused-ring (bicyclic) bond motifs is 1. The third-order valence-electron chi connectivity index (χ3n) is 6.33. The standard InChI is InChI=1S/C28H30F3N7O6/c1-4-38-21(12-16(2)36-38)25(40)35-26-34-20-13-18(24(32)39)14-22(42-3)23(20)37(26)11-5-10-33-27(41)43-15-17-6-8-19(9-7-17)44-28(29,30)31/h6-9,12-14H,4-5,10-11,15H2,1-3H3,(H2,32,39)(H,33,41)(H,34,35,40). The average molecular weight is 618 g/mol. The van der Waals surface area contributed by atoms with Gasteiger partial charge >= 0.3 is 12.5 Å². The number of ether oxygens (including phenoxy) is 3. The normalized spacial score (nSPS) is 11.3. The predicted molar refractivity (Wildman–Crippen MR) is 151 cm³/mol. The number of rotatable bonds is 12. The van der Waals surface area contributed by atoms with Crippen molar-refractivity contribution in [3.05, 3.63) is 65.0 Å². The fourth-order valence-corrected chi connectivity index (χ4v) is 4.39. The summed E-state index contributed by atoms with van der Waals surface area (Å²) < 4.78 is 54.7. The molecule has 16 heteroatoms. The van der Waals surface area contributed by atoms with Crippen LogP contribution in [0.25, 0.3) is 11.0 Å². The van der Waals surface area contributed by atoms with Gasteiger partial charge in [0.25, 0.3) is 5.91 Å². The van der Waals surface area contributed by atoms with Crippen molar-refractivity contribution in [2.75, 3.05) is 19.0 Å². The molecule has 0 fully saturated rings. The van der Waals surface area contributed by atoms with Crippen molar-refractivity contribution >= 4 is 34.9 Å². The van der Waals surface area contributed by atoms with Crippen LogP contribution in [0.2, 0.25) is 0 Å². The first-order valence-corrected chi connectivity index (χ1v) is 13.4. The van der Waals surface area contributed by atoms with Crippen LogP contribution in [-0.4, -0.2) is 57.3 Å². The number of alkyl carbamates (subject to hydrolysis) is 1. The highest BCUT2D eigenvalue weighted by molar-refractivity contribution is 6.04. The molecule has 234 valence electrons. The average Bonchev–Trinajstić information content (AvgIpc) is 3.52. The number of carbonyl (C=O) groups is 3. The molecule has 0 bridgehead atoms. The van der Waals surface area contributed by atoms with Crippen molar-refractivity contribution in [3.8, 4) is 11.5 Å². The van der Waals surface area contributed by atoms with Crippen LogP contribution in [0, 0.1) is 6.92 Å². The third-order valence-corrected chi connectivity index (χ3v) is 6.33. The number of hydrogen-bond acceptors (Lipinski definition) is 8. The number of halogens is 3. The van der Waals surface area contributed by atoms with Crippen LogP contribution in [0.1, 0.15) is 45.4 Å². The second-order valence-electron chi connectivity index (χ2n) is 9.49. The zero-order chi connectivity index (χ0) is 32.0. The summed E-state index contributed by atoms with van der Waals surface area (Å²) in [6.45, 7) is 4.35. The first-order chi connectivity index (χ1) is 20.9. The van der Waals surface area contributed by atoms with Gasteiger partial charge < -0.3 is 29.8 Å². The van der Waals surface area contributed by atoms with Crippen LogP contribution in [-0.2, 0) is 24.4 Å². The second-order valence-corrected chi connectivity index (χ2v) is 9.49. The minimum atomic E-state index is -4.80. The van der Waals surface area contributed by atoms with Crippen LogP contribution < -0.4 is 25.8 Å². The SMILES string of the molecule is CCn1nc(C)cc1C(=O)Nc1nc2cc(C(N)=O)cc(OC)c2n1CCCNC(=O)OCc1ccc(OC(F)(F)F)cc1. The maximum atomic E-state index is 13.2.